The summed E-state index contributed by atoms with van der Waals surface area (Å²) in [7, 11) is 0. The maximum absolute atomic E-state index is 12.7. The monoisotopic (exact) mass is 429 g/mol. The highest BCUT2D eigenvalue weighted by Gasteiger charge is 2.48. The number of nitrogens with zero attached hydrogens (tertiary/aromatic N) is 2. The number of likely N-dealkylation sites (tertiary alicyclic amines) is 1. The van der Waals surface area contributed by atoms with Gasteiger partial charge in [-0.1, -0.05) is 12.8 Å². The van der Waals surface area contributed by atoms with Crippen molar-refractivity contribution in [3.63, 3.8) is 0 Å². The van der Waals surface area contributed by atoms with E-state index in [1.165, 1.54) is 0 Å². The van der Waals surface area contributed by atoms with E-state index in [-0.39, 0.29) is 36.1 Å². The first kappa shape index (κ1) is 20.9. The fourth-order valence-corrected chi connectivity index (χ4v) is 5.51. The number of hydrogen-bond donors (Lipinski definition) is 1. The Morgan fingerprint density at radius 3 is 2.30 bits per heavy atom. The number of anilines is 1. The molecule has 1 saturated carbocycles. The summed E-state index contributed by atoms with van der Waals surface area (Å²) in [4.78, 5) is 53.3. The van der Waals surface area contributed by atoms with Crippen LogP contribution in [0.25, 0.3) is 0 Å². The third-order valence-corrected chi connectivity index (χ3v) is 7.22. The van der Waals surface area contributed by atoms with Gasteiger partial charge in [0.1, 0.15) is 6.54 Å². The molecule has 1 aromatic rings. The highest BCUT2D eigenvalue weighted by molar-refractivity contribution is 7.99. The largest absolute Gasteiger partial charge is 0.337 e. The maximum atomic E-state index is 12.7. The number of aryl methyl sites for hydroxylation is 1. The molecule has 30 heavy (non-hydrogen) atoms. The number of nitrogens with one attached hydrogen (secondary N) is 1. The van der Waals surface area contributed by atoms with Gasteiger partial charge in [-0.05, 0) is 43.5 Å². The van der Waals surface area contributed by atoms with Gasteiger partial charge < -0.3 is 10.2 Å². The molecule has 0 spiro atoms. The quantitative estimate of drug-likeness (QED) is 0.742. The van der Waals surface area contributed by atoms with Crippen LogP contribution in [0.1, 0.15) is 41.6 Å². The minimum Gasteiger partial charge on any atom is -0.337 e. The van der Waals surface area contributed by atoms with Gasteiger partial charge >= 0.3 is 0 Å². The van der Waals surface area contributed by atoms with Gasteiger partial charge in [0.05, 0.1) is 11.8 Å². The zero-order valence-corrected chi connectivity index (χ0v) is 18.0. The Hall–Kier alpha value is -2.35. The molecular formula is C22H27N3O4S. The van der Waals surface area contributed by atoms with Crippen LogP contribution < -0.4 is 5.32 Å². The van der Waals surface area contributed by atoms with E-state index >= 15 is 0 Å². The Bertz CT molecular complexity index is 857. The van der Waals surface area contributed by atoms with E-state index in [1.807, 2.05) is 23.6 Å². The smallest absolute Gasteiger partial charge is 0.253 e. The van der Waals surface area contributed by atoms with Gasteiger partial charge in [-0.2, -0.15) is 11.8 Å². The summed E-state index contributed by atoms with van der Waals surface area (Å²) >= 11 is 1.85. The topological polar surface area (TPSA) is 86.8 Å². The number of imide groups is 1. The van der Waals surface area contributed by atoms with Gasteiger partial charge in [-0.25, -0.2) is 0 Å². The van der Waals surface area contributed by atoms with Gasteiger partial charge in [0.25, 0.3) is 5.91 Å². The van der Waals surface area contributed by atoms with Crippen LogP contribution in [-0.2, 0) is 14.4 Å². The Morgan fingerprint density at radius 2 is 1.70 bits per heavy atom. The number of fused-ring (bicyclic) bond motifs is 1. The second-order valence-electron chi connectivity index (χ2n) is 8.24. The van der Waals surface area contributed by atoms with Gasteiger partial charge in [0.2, 0.25) is 17.7 Å². The van der Waals surface area contributed by atoms with E-state index in [0.717, 1.165) is 60.7 Å². The summed E-state index contributed by atoms with van der Waals surface area (Å²) in [5.74, 6) is 0.592. The molecule has 1 aromatic carbocycles. The molecule has 2 aliphatic heterocycles. The molecule has 3 fully saturated rings. The van der Waals surface area contributed by atoms with Gasteiger partial charge in [0.15, 0.2) is 0 Å². The molecule has 3 aliphatic rings. The average molecular weight is 430 g/mol. The van der Waals surface area contributed by atoms with E-state index in [9.17, 15) is 19.2 Å². The average Bonchev–Trinajstić information content (AvgIpc) is 3.00. The SMILES string of the molecule is Cc1cc(C(=O)N2CCSCC2)ccc1NC(=O)CN1C(=O)C2CCCCC2C1=O. The molecule has 2 saturated heterocycles. The van der Waals surface area contributed by atoms with Crippen molar-refractivity contribution in [2.24, 2.45) is 11.8 Å². The van der Waals surface area contributed by atoms with Crippen LogP contribution in [0.15, 0.2) is 18.2 Å². The van der Waals surface area contributed by atoms with Crippen LogP contribution in [0, 0.1) is 18.8 Å². The third kappa shape index (κ3) is 4.10. The normalized spacial score (nSPS) is 24.0. The molecule has 7 nitrogen and oxygen atoms in total. The van der Waals surface area contributed by atoms with Crippen molar-refractivity contribution in [1.82, 2.24) is 9.80 Å². The van der Waals surface area contributed by atoms with Crippen molar-refractivity contribution in [2.45, 2.75) is 32.6 Å². The van der Waals surface area contributed by atoms with Crippen LogP contribution >= 0.6 is 11.8 Å². The number of thioether (sulfide) groups is 1. The summed E-state index contributed by atoms with van der Waals surface area (Å²) in [6.07, 6.45) is 3.39. The molecule has 4 rings (SSSR count). The molecule has 2 atom stereocenters. The van der Waals surface area contributed by atoms with E-state index in [0.29, 0.717) is 11.3 Å². The Labute approximate surface area is 180 Å². The first-order valence-electron chi connectivity index (χ1n) is 10.6. The van der Waals surface area contributed by atoms with Crippen molar-refractivity contribution in [2.75, 3.05) is 36.5 Å². The lowest BCUT2D eigenvalue weighted by molar-refractivity contribution is -0.142. The van der Waals surface area contributed by atoms with Crippen LogP contribution in [0.5, 0.6) is 0 Å². The van der Waals surface area contributed by atoms with Crippen LogP contribution in [0.4, 0.5) is 5.69 Å². The highest BCUT2D eigenvalue weighted by atomic mass is 32.2. The molecule has 1 aliphatic carbocycles. The lowest BCUT2D eigenvalue weighted by atomic mass is 9.81. The number of hydrogen-bond acceptors (Lipinski definition) is 5. The molecule has 160 valence electrons. The Balaban J connectivity index is 1.39. The zero-order chi connectivity index (χ0) is 21.3. The van der Waals surface area contributed by atoms with E-state index < -0.39 is 5.91 Å². The van der Waals surface area contributed by atoms with Crippen LogP contribution in [-0.4, -0.2) is 64.6 Å². The maximum Gasteiger partial charge on any atom is 0.253 e. The second-order valence-corrected chi connectivity index (χ2v) is 9.47. The van der Waals surface area contributed by atoms with Gasteiger partial charge in [-0.3, -0.25) is 24.1 Å². The Kier molecular flexibility index (Phi) is 6.13. The highest BCUT2D eigenvalue weighted by Crippen LogP contribution is 2.37. The fourth-order valence-electron chi connectivity index (χ4n) is 4.61. The molecule has 0 aromatic heterocycles. The third-order valence-electron chi connectivity index (χ3n) is 6.28. The van der Waals surface area contributed by atoms with E-state index in [2.05, 4.69) is 5.32 Å². The van der Waals surface area contributed by atoms with Crippen LogP contribution in [0.3, 0.4) is 0 Å². The lowest BCUT2D eigenvalue weighted by Gasteiger charge is -2.26. The number of benzene rings is 1. The van der Waals surface area contributed by atoms with Gasteiger partial charge in [-0.15, -0.1) is 0 Å². The van der Waals surface area contributed by atoms with Crippen molar-refractivity contribution in [3.8, 4) is 0 Å². The molecule has 2 unspecified atom stereocenters. The summed E-state index contributed by atoms with van der Waals surface area (Å²) in [5.41, 5.74) is 1.96. The number of carbonyl (C=O) groups is 4. The number of carbonyl (C=O) groups excluding carboxylic acids is 4. The molecular weight excluding hydrogens is 402 g/mol. The molecule has 0 radical (unpaired) electrons. The summed E-state index contributed by atoms with van der Waals surface area (Å²) in [6.45, 7) is 3.08. The zero-order valence-electron chi connectivity index (χ0n) is 17.2. The first-order chi connectivity index (χ1) is 14.5. The van der Waals surface area contributed by atoms with Crippen molar-refractivity contribution in [3.05, 3.63) is 29.3 Å². The second kappa shape index (κ2) is 8.79. The summed E-state index contributed by atoms with van der Waals surface area (Å²) in [5, 5.41) is 2.79. The fraction of sp³-hybridized carbons (Fsp3) is 0.545. The predicted octanol–water partition coefficient (Wildman–Crippen LogP) is 2.30. The van der Waals surface area contributed by atoms with Crippen LogP contribution in [0.2, 0.25) is 0 Å². The molecule has 0 bridgehead atoms. The standard InChI is InChI=1S/C22H27N3O4S/c1-14-12-15(20(27)24-8-10-30-11-9-24)6-7-18(14)23-19(26)13-25-21(28)16-4-2-3-5-17(16)22(25)29/h6-7,12,16-17H,2-5,8-11,13H2,1H3,(H,23,26). The molecule has 4 amide bonds. The number of rotatable bonds is 4. The first-order valence-corrected chi connectivity index (χ1v) is 11.7. The van der Waals surface area contributed by atoms with Crippen molar-refractivity contribution < 1.29 is 19.2 Å². The summed E-state index contributed by atoms with van der Waals surface area (Å²) < 4.78 is 0. The minimum atomic E-state index is -0.398. The minimum absolute atomic E-state index is 0.00661. The van der Waals surface area contributed by atoms with E-state index in [1.54, 1.807) is 18.2 Å². The van der Waals surface area contributed by atoms with Crippen molar-refractivity contribution in [1.29, 1.82) is 0 Å². The molecule has 8 heteroatoms. The molecule has 1 N–H and O–H groups in total. The molecule has 2 heterocycles. The Morgan fingerprint density at radius 1 is 1.07 bits per heavy atom. The van der Waals surface area contributed by atoms with Gasteiger partial charge in [0, 0.05) is 35.8 Å². The van der Waals surface area contributed by atoms with E-state index in [4.69, 9.17) is 0 Å². The summed E-state index contributed by atoms with van der Waals surface area (Å²) in [6, 6.07) is 5.21. The predicted molar refractivity (Wildman–Crippen MR) is 115 cm³/mol. The lowest BCUT2D eigenvalue weighted by Crippen LogP contribution is -2.38. The van der Waals surface area contributed by atoms with Crippen molar-refractivity contribution >= 4 is 41.1 Å². The number of amides is 4.